The number of fused-ring (bicyclic) bond motifs is 1. The summed E-state index contributed by atoms with van der Waals surface area (Å²) < 4.78 is 0. The van der Waals surface area contributed by atoms with Crippen LogP contribution in [0.5, 0.6) is 0 Å². The number of carbonyl (C=O) groups excluding carboxylic acids is 3. The molecule has 1 heterocycles. The third-order valence-corrected chi connectivity index (χ3v) is 7.23. The summed E-state index contributed by atoms with van der Waals surface area (Å²) in [7, 11) is 0. The van der Waals surface area contributed by atoms with Crippen LogP contribution < -0.4 is 21.7 Å². The Morgan fingerprint density at radius 1 is 1.03 bits per heavy atom. The number of carboxylic acid groups (broad SMARTS) is 1. The lowest BCUT2D eigenvalue weighted by Crippen LogP contribution is -2.59. The Kier molecular flexibility index (Phi) is 12.1. The van der Waals surface area contributed by atoms with E-state index < -0.39 is 54.0 Å². The van der Waals surface area contributed by atoms with Gasteiger partial charge < -0.3 is 36.9 Å². The molecule has 6 unspecified atom stereocenters. The third-order valence-electron chi connectivity index (χ3n) is 6.58. The molecule has 0 fully saturated rings. The average molecular weight is 550 g/mol. The van der Waals surface area contributed by atoms with Gasteiger partial charge in [0.15, 0.2) is 6.04 Å². The van der Waals surface area contributed by atoms with Crippen molar-refractivity contribution < 1.29 is 29.4 Å². The number of hydrogen-bond acceptors (Lipinski definition) is 7. The number of amides is 3. The van der Waals surface area contributed by atoms with Gasteiger partial charge in [0.1, 0.15) is 12.1 Å². The third kappa shape index (κ3) is 8.47. The van der Waals surface area contributed by atoms with Crippen molar-refractivity contribution in [2.24, 2.45) is 11.7 Å². The first-order valence-electron chi connectivity index (χ1n) is 12.6. The molecule has 0 bridgehead atoms. The topological polar surface area (TPSA) is 187 Å². The van der Waals surface area contributed by atoms with Crippen molar-refractivity contribution in [2.75, 3.05) is 12.0 Å². The van der Waals surface area contributed by atoms with E-state index in [-0.39, 0.29) is 12.3 Å². The first-order chi connectivity index (χ1) is 18.0. The molecular weight excluding hydrogens is 510 g/mol. The molecule has 210 valence electrons. The number of hydrogen-bond donors (Lipinski definition) is 7. The number of nitrogens with two attached hydrogens (primary N) is 1. The Morgan fingerprint density at radius 3 is 2.26 bits per heavy atom. The molecule has 2 aromatic rings. The highest BCUT2D eigenvalue weighted by atomic mass is 32.2. The highest BCUT2D eigenvalue weighted by Crippen LogP contribution is 2.19. The van der Waals surface area contributed by atoms with Crippen LogP contribution in [0.1, 0.15) is 39.2 Å². The van der Waals surface area contributed by atoms with E-state index in [1.54, 1.807) is 6.20 Å². The second-order valence-electron chi connectivity index (χ2n) is 9.44. The normalized spacial score (nSPS) is 16.1. The van der Waals surface area contributed by atoms with E-state index in [4.69, 9.17) is 5.73 Å². The van der Waals surface area contributed by atoms with Gasteiger partial charge in [0.25, 0.3) is 0 Å². The molecule has 3 amide bonds. The number of thioether (sulfide) groups is 1. The molecule has 11 nitrogen and oxygen atoms in total. The molecule has 12 heteroatoms. The van der Waals surface area contributed by atoms with Crippen molar-refractivity contribution in [3.8, 4) is 0 Å². The number of aromatic nitrogens is 1. The fourth-order valence-corrected chi connectivity index (χ4v) is 4.40. The summed E-state index contributed by atoms with van der Waals surface area (Å²) in [4.78, 5) is 54.0. The maximum Gasteiger partial charge on any atom is 0.328 e. The number of aromatic amines is 1. The van der Waals surface area contributed by atoms with E-state index >= 15 is 0 Å². The van der Waals surface area contributed by atoms with Gasteiger partial charge in [0.05, 0.1) is 12.1 Å². The Balaban J connectivity index is 2.32. The lowest BCUT2D eigenvalue weighted by molar-refractivity contribution is -0.145. The molecule has 0 aliphatic carbocycles. The summed E-state index contributed by atoms with van der Waals surface area (Å²) in [6.07, 6.45) is 3.27. The molecular formula is C26H39N5O6S. The predicted molar refractivity (Wildman–Crippen MR) is 148 cm³/mol. The number of rotatable bonds is 15. The van der Waals surface area contributed by atoms with E-state index in [0.29, 0.717) is 18.6 Å². The van der Waals surface area contributed by atoms with Crippen LogP contribution >= 0.6 is 11.8 Å². The number of H-pyrrole nitrogens is 1. The van der Waals surface area contributed by atoms with Gasteiger partial charge in [-0.25, -0.2) is 4.79 Å². The number of carbonyl (C=O) groups is 4. The number of carboxylic acids is 1. The van der Waals surface area contributed by atoms with Crippen LogP contribution in [-0.4, -0.2) is 81.2 Å². The van der Waals surface area contributed by atoms with Crippen molar-refractivity contribution in [3.63, 3.8) is 0 Å². The Morgan fingerprint density at radius 2 is 1.66 bits per heavy atom. The number of nitrogens with one attached hydrogen (secondary N) is 4. The number of para-hydroxylation sites is 1. The Bertz CT molecular complexity index is 1110. The van der Waals surface area contributed by atoms with Gasteiger partial charge in [-0.15, -0.1) is 0 Å². The number of aliphatic hydroxyl groups is 1. The maximum atomic E-state index is 13.4. The molecule has 0 aliphatic rings. The van der Waals surface area contributed by atoms with E-state index in [2.05, 4.69) is 20.9 Å². The Labute approximate surface area is 226 Å². The fraction of sp³-hybridized carbons (Fsp3) is 0.538. The average Bonchev–Trinajstić information content (AvgIpc) is 3.30. The van der Waals surface area contributed by atoms with Crippen molar-refractivity contribution in [1.82, 2.24) is 20.9 Å². The molecule has 0 saturated carbocycles. The molecule has 6 atom stereocenters. The highest BCUT2D eigenvalue weighted by molar-refractivity contribution is 7.98. The SMILES string of the molecule is CCC(C)C(N)C(=O)NC(CCSC)C(=O)NC(Cc1c[nH]c2ccccc12)C(=O)NC(C(=O)O)C(C)O. The van der Waals surface area contributed by atoms with Crippen molar-refractivity contribution in [1.29, 1.82) is 0 Å². The number of benzene rings is 1. The minimum Gasteiger partial charge on any atom is -0.480 e. The molecule has 0 radical (unpaired) electrons. The molecule has 1 aromatic heterocycles. The monoisotopic (exact) mass is 549 g/mol. The quantitative estimate of drug-likeness (QED) is 0.170. The number of aliphatic carboxylic acids is 1. The standard InChI is InChI=1S/C26H39N5O6S/c1-5-14(2)21(27)25(35)29-19(10-11-38-4)23(33)30-20(24(34)31-22(15(3)32)26(36)37)12-16-13-28-18-9-7-6-8-17(16)18/h6-9,13-15,19-22,28,32H,5,10-12,27H2,1-4H3,(H,29,35)(H,30,33)(H,31,34)(H,36,37). The molecule has 2 rings (SSSR count). The summed E-state index contributed by atoms with van der Waals surface area (Å²) >= 11 is 1.50. The summed E-state index contributed by atoms with van der Waals surface area (Å²) in [5, 5.41) is 27.8. The summed E-state index contributed by atoms with van der Waals surface area (Å²) in [5.41, 5.74) is 7.62. The van der Waals surface area contributed by atoms with Crippen molar-refractivity contribution >= 4 is 46.4 Å². The summed E-state index contributed by atoms with van der Waals surface area (Å²) in [6, 6.07) is 2.95. The van der Waals surface area contributed by atoms with Gasteiger partial charge in [0.2, 0.25) is 17.7 Å². The van der Waals surface area contributed by atoms with Gasteiger partial charge in [-0.2, -0.15) is 11.8 Å². The largest absolute Gasteiger partial charge is 0.480 e. The first-order valence-corrected chi connectivity index (χ1v) is 14.0. The summed E-state index contributed by atoms with van der Waals surface area (Å²) in [5.74, 6) is -2.75. The second kappa shape index (κ2) is 14.7. The van der Waals surface area contributed by atoms with Crippen LogP contribution in [0, 0.1) is 5.92 Å². The van der Waals surface area contributed by atoms with Gasteiger partial charge in [-0.1, -0.05) is 38.5 Å². The maximum absolute atomic E-state index is 13.4. The minimum absolute atomic E-state index is 0.0450. The predicted octanol–water partition coefficient (Wildman–Crippen LogP) is 0.757. The van der Waals surface area contributed by atoms with Gasteiger partial charge in [0, 0.05) is 23.5 Å². The lowest BCUT2D eigenvalue weighted by Gasteiger charge is -2.26. The molecule has 1 aromatic carbocycles. The van der Waals surface area contributed by atoms with Gasteiger partial charge in [-0.05, 0) is 42.9 Å². The van der Waals surface area contributed by atoms with Crippen LogP contribution in [0.4, 0.5) is 0 Å². The van der Waals surface area contributed by atoms with Crippen LogP contribution in [0.3, 0.4) is 0 Å². The Hall–Kier alpha value is -3.09. The summed E-state index contributed by atoms with van der Waals surface area (Å²) in [6.45, 7) is 5.02. The highest BCUT2D eigenvalue weighted by Gasteiger charge is 2.32. The molecule has 0 aliphatic heterocycles. The lowest BCUT2D eigenvalue weighted by atomic mass is 9.99. The molecule has 8 N–H and O–H groups in total. The van der Waals surface area contributed by atoms with Gasteiger partial charge in [-0.3, -0.25) is 14.4 Å². The van der Waals surface area contributed by atoms with E-state index in [0.717, 1.165) is 16.5 Å². The van der Waals surface area contributed by atoms with E-state index in [1.807, 2.05) is 44.4 Å². The van der Waals surface area contributed by atoms with Crippen LogP contribution in [0.15, 0.2) is 30.5 Å². The van der Waals surface area contributed by atoms with Gasteiger partial charge >= 0.3 is 5.97 Å². The molecule has 38 heavy (non-hydrogen) atoms. The zero-order valence-corrected chi connectivity index (χ0v) is 23.0. The second-order valence-corrected chi connectivity index (χ2v) is 10.4. The molecule has 0 saturated heterocycles. The smallest absolute Gasteiger partial charge is 0.328 e. The fourth-order valence-electron chi connectivity index (χ4n) is 3.93. The van der Waals surface area contributed by atoms with E-state index in [9.17, 15) is 29.4 Å². The first kappa shape index (κ1) is 31.1. The molecule has 0 spiro atoms. The minimum atomic E-state index is -1.56. The van der Waals surface area contributed by atoms with Crippen LogP contribution in [-0.2, 0) is 25.6 Å². The van der Waals surface area contributed by atoms with Crippen molar-refractivity contribution in [3.05, 3.63) is 36.0 Å². The van der Waals surface area contributed by atoms with Crippen molar-refractivity contribution in [2.45, 2.75) is 70.3 Å². The van der Waals surface area contributed by atoms with Crippen LogP contribution in [0.25, 0.3) is 10.9 Å². The zero-order chi connectivity index (χ0) is 28.4. The van der Waals surface area contributed by atoms with E-state index in [1.165, 1.54) is 18.7 Å². The zero-order valence-electron chi connectivity index (χ0n) is 22.2. The number of aliphatic hydroxyl groups excluding tert-OH is 1. The van der Waals surface area contributed by atoms with Crippen LogP contribution in [0.2, 0.25) is 0 Å².